The molecule has 0 aliphatic heterocycles. The third kappa shape index (κ3) is 2.64. The molecule has 0 saturated heterocycles. The number of benzene rings is 2. The lowest BCUT2D eigenvalue weighted by Gasteiger charge is -2.16. The largest absolute Gasteiger partial charge is 0.495 e. The molecule has 0 amide bonds. The molecule has 0 spiro atoms. The topological polar surface area (TPSA) is 9.23 Å². The highest BCUT2D eigenvalue weighted by Gasteiger charge is 2.13. The summed E-state index contributed by atoms with van der Waals surface area (Å²) in [5.41, 5.74) is 5.54. The summed E-state index contributed by atoms with van der Waals surface area (Å²) in [6.45, 7) is 0. The first-order chi connectivity index (χ1) is 9.28. The van der Waals surface area contributed by atoms with Gasteiger partial charge in [0, 0.05) is 0 Å². The highest BCUT2D eigenvalue weighted by molar-refractivity contribution is 14.1. The number of rotatable bonds is 1. The average Bonchev–Trinajstić information content (AvgIpc) is 2.43. The smallest absolute Gasteiger partial charge is 0.135 e. The quantitative estimate of drug-likeness (QED) is 0.690. The summed E-state index contributed by atoms with van der Waals surface area (Å²) in [6, 6.07) is 13.6. The van der Waals surface area contributed by atoms with Crippen molar-refractivity contribution in [3.63, 3.8) is 0 Å². The van der Waals surface area contributed by atoms with E-state index in [1.165, 1.54) is 25.8 Å². The van der Waals surface area contributed by atoms with Gasteiger partial charge in [0.05, 0.1) is 10.7 Å². The fourth-order valence-corrected chi connectivity index (χ4v) is 3.69. The van der Waals surface area contributed by atoms with Crippen LogP contribution in [0, 0.1) is 3.57 Å². The highest BCUT2D eigenvalue weighted by Crippen LogP contribution is 2.31. The molecule has 0 N–H and O–H groups in total. The van der Waals surface area contributed by atoms with Gasteiger partial charge in [0.1, 0.15) is 5.75 Å². The van der Waals surface area contributed by atoms with Gasteiger partial charge in [-0.05, 0) is 70.5 Å². The van der Waals surface area contributed by atoms with E-state index < -0.39 is 0 Å². The van der Waals surface area contributed by atoms with Gasteiger partial charge in [0.25, 0.3) is 0 Å². The van der Waals surface area contributed by atoms with Gasteiger partial charge in [-0.3, -0.25) is 0 Å². The molecule has 2 aromatic rings. The van der Waals surface area contributed by atoms with Gasteiger partial charge in [0.2, 0.25) is 0 Å². The van der Waals surface area contributed by atoms with E-state index in [0.29, 0.717) is 0 Å². The van der Waals surface area contributed by atoms with Crippen LogP contribution >= 0.6 is 22.6 Å². The highest BCUT2D eigenvalue weighted by atomic mass is 127. The second kappa shape index (κ2) is 5.53. The van der Waals surface area contributed by atoms with E-state index in [1.807, 2.05) is 0 Å². The van der Waals surface area contributed by atoms with Crippen molar-refractivity contribution in [3.05, 3.63) is 62.2 Å². The van der Waals surface area contributed by atoms with Gasteiger partial charge in [-0.25, -0.2) is 0 Å². The van der Waals surface area contributed by atoms with Crippen LogP contribution in [0.2, 0.25) is 0 Å². The Kier molecular flexibility index (Phi) is 3.78. The average molecular weight is 364 g/mol. The molecule has 0 saturated carbocycles. The Morgan fingerprint density at radius 1 is 0.789 bits per heavy atom. The molecule has 0 fully saturated rings. The standard InChI is InChI=1S/C17H17IO/c1-19-17-15-9-7-13-4-2-12(3-5-13)6-8-14(10-11-15)16(17)18/h2-5,10-11H,6-9H2,1H3. The van der Waals surface area contributed by atoms with Gasteiger partial charge in [-0.1, -0.05) is 36.4 Å². The maximum atomic E-state index is 5.63. The molecular formula is C17H17IO. The summed E-state index contributed by atoms with van der Waals surface area (Å²) in [5, 5.41) is 0. The van der Waals surface area contributed by atoms with E-state index in [9.17, 15) is 0 Å². The van der Waals surface area contributed by atoms with Crippen molar-refractivity contribution in [3.8, 4) is 5.75 Å². The molecule has 0 atom stereocenters. The molecule has 2 aromatic carbocycles. The third-order valence-electron chi connectivity index (χ3n) is 3.85. The van der Waals surface area contributed by atoms with Crippen LogP contribution in [0.5, 0.6) is 5.75 Å². The predicted molar refractivity (Wildman–Crippen MR) is 87.0 cm³/mol. The van der Waals surface area contributed by atoms with Crippen LogP contribution in [-0.2, 0) is 25.7 Å². The van der Waals surface area contributed by atoms with Crippen molar-refractivity contribution < 1.29 is 4.74 Å². The van der Waals surface area contributed by atoms with Crippen LogP contribution in [0.15, 0.2) is 36.4 Å². The number of ether oxygens (including phenoxy) is 1. The second-order valence-electron chi connectivity index (χ2n) is 5.05. The Labute approximate surface area is 128 Å². The summed E-state index contributed by atoms with van der Waals surface area (Å²) >= 11 is 2.43. The lowest BCUT2D eigenvalue weighted by molar-refractivity contribution is 0.406. The van der Waals surface area contributed by atoms with Gasteiger partial charge < -0.3 is 4.74 Å². The monoisotopic (exact) mass is 364 g/mol. The molecule has 19 heavy (non-hydrogen) atoms. The van der Waals surface area contributed by atoms with Crippen molar-refractivity contribution in [2.24, 2.45) is 0 Å². The molecule has 6 rings (SSSR count). The van der Waals surface area contributed by atoms with E-state index >= 15 is 0 Å². The molecule has 0 radical (unpaired) electrons. The van der Waals surface area contributed by atoms with Crippen molar-refractivity contribution in [2.45, 2.75) is 25.7 Å². The van der Waals surface area contributed by atoms with Crippen LogP contribution in [0.25, 0.3) is 0 Å². The Balaban J connectivity index is 2.06. The normalized spacial score (nSPS) is 14.0. The van der Waals surface area contributed by atoms with E-state index in [-0.39, 0.29) is 0 Å². The molecular weight excluding hydrogens is 347 g/mol. The molecule has 4 aliphatic carbocycles. The Morgan fingerprint density at radius 3 is 1.89 bits per heavy atom. The molecule has 0 aromatic heterocycles. The van der Waals surface area contributed by atoms with Crippen LogP contribution in [0.3, 0.4) is 0 Å². The van der Waals surface area contributed by atoms with Crippen molar-refractivity contribution in [1.82, 2.24) is 0 Å². The number of halogens is 1. The van der Waals surface area contributed by atoms with Gasteiger partial charge in [-0.2, -0.15) is 0 Å². The fourth-order valence-electron chi connectivity index (χ4n) is 2.68. The lowest BCUT2D eigenvalue weighted by atomic mass is 9.96. The second-order valence-corrected chi connectivity index (χ2v) is 6.13. The Hall–Kier alpha value is -1.03. The summed E-state index contributed by atoms with van der Waals surface area (Å²) in [5.74, 6) is 1.08. The Bertz CT molecular complexity index is 587. The summed E-state index contributed by atoms with van der Waals surface area (Å²) in [4.78, 5) is 0. The number of hydrogen-bond donors (Lipinski definition) is 0. The Morgan fingerprint density at radius 2 is 1.32 bits per heavy atom. The molecule has 1 nitrogen and oxygen atoms in total. The van der Waals surface area contributed by atoms with Crippen molar-refractivity contribution in [1.29, 1.82) is 0 Å². The van der Waals surface area contributed by atoms with Crippen LogP contribution in [0.1, 0.15) is 22.3 Å². The predicted octanol–water partition coefficient (Wildman–Crippen LogP) is 4.18. The first kappa shape index (κ1) is 13.0. The summed E-state index contributed by atoms with van der Waals surface area (Å²) in [6.07, 6.45) is 4.29. The number of hydrogen-bond acceptors (Lipinski definition) is 1. The summed E-state index contributed by atoms with van der Waals surface area (Å²) in [7, 11) is 1.78. The van der Waals surface area contributed by atoms with E-state index in [4.69, 9.17) is 4.74 Å². The number of aryl methyl sites for hydroxylation is 4. The minimum Gasteiger partial charge on any atom is -0.495 e. The molecule has 98 valence electrons. The van der Waals surface area contributed by atoms with Crippen LogP contribution in [0.4, 0.5) is 0 Å². The number of methoxy groups -OCH3 is 1. The minimum absolute atomic E-state index is 1.04. The maximum absolute atomic E-state index is 5.63. The maximum Gasteiger partial charge on any atom is 0.135 e. The summed E-state index contributed by atoms with van der Waals surface area (Å²) < 4.78 is 6.92. The van der Waals surface area contributed by atoms with Gasteiger partial charge >= 0.3 is 0 Å². The first-order valence-electron chi connectivity index (χ1n) is 6.70. The third-order valence-corrected chi connectivity index (χ3v) is 5.03. The minimum atomic E-state index is 1.04. The van der Waals surface area contributed by atoms with Crippen molar-refractivity contribution >= 4 is 22.6 Å². The van der Waals surface area contributed by atoms with E-state index in [2.05, 4.69) is 59.0 Å². The van der Waals surface area contributed by atoms with E-state index in [0.717, 1.165) is 31.4 Å². The molecule has 2 heteroatoms. The zero-order chi connectivity index (χ0) is 13.2. The van der Waals surface area contributed by atoms with Crippen LogP contribution in [-0.4, -0.2) is 7.11 Å². The molecule has 0 unspecified atom stereocenters. The molecule has 4 aliphatic rings. The SMILES string of the molecule is COc1c2ccc(c1I)CCc1ccc(cc1)CC2. The van der Waals surface area contributed by atoms with Crippen LogP contribution < -0.4 is 4.74 Å². The lowest BCUT2D eigenvalue weighted by Crippen LogP contribution is -2.03. The fraction of sp³-hybridized carbons (Fsp3) is 0.294. The molecule has 0 heterocycles. The van der Waals surface area contributed by atoms with E-state index in [1.54, 1.807) is 7.11 Å². The zero-order valence-corrected chi connectivity index (χ0v) is 13.2. The van der Waals surface area contributed by atoms with Crippen molar-refractivity contribution in [2.75, 3.05) is 7.11 Å². The zero-order valence-electron chi connectivity index (χ0n) is 11.1. The first-order valence-corrected chi connectivity index (χ1v) is 7.78. The van der Waals surface area contributed by atoms with Gasteiger partial charge in [-0.15, -0.1) is 0 Å². The molecule has 4 bridgehead atoms. The van der Waals surface area contributed by atoms with Gasteiger partial charge in [0.15, 0.2) is 0 Å².